The number of nitrogens with zero attached hydrogens (tertiary/aromatic N) is 2. The molecule has 3 aromatic rings. The van der Waals surface area contributed by atoms with Crippen LogP contribution in [0.2, 0.25) is 0 Å². The Labute approximate surface area is 184 Å². The molecule has 8 heteroatoms. The lowest BCUT2D eigenvalue weighted by molar-refractivity contribution is -0.135. The van der Waals surface area contributed by atoms with E-state index in [2.05, 4.69) is 4.98 Å². The molecule has 0 aliphatic heterocycles. The third-order valence-corrected chi connectivity index (χ3v) is 5.48. The van der Waals surface area contributed by atoms with Gasteiger partial charge in [0, 0.05) is 14.1 Å². The first kappa shape index (κ1) is 22.3. The average Bonchev–Trinajstić information content (AvgIpc) is 3.16. The summed E-state index contributed by atoms with van der Waals surface area (Å²) in [4.78, 5) is 29.3. The number of thiazole rings is 1. The predicted octanol–water partition coefficient (Wildman–Crippen LogP) is 4.18. The van der Waals surface area contributed by atoms with Crippen LogP contribution in [0, 0.1) is 0 Å². The number of carboxylic acid groups (broad SMARTS) is 1. The van der Waals surface area contributed by atoms with Crippen molar-refractivity contribution in [1.82, 2.24) is 9.88 Å². The lowest BCUT2D eigenvalue weighted by atomic mass is 10.1. The van der Waals surface area contributed by atoms with E-state index >= 15 is 0 Å². The summed E-state index contributed by atoms with van der Waals surface area (Å²) in [5.74, 6) is -0.153. The molecule has 0 atom stereocenters. The van der Waals surface area contributed by atoms with Crippen LogP contribution in [0.3, 0.4) is 0 Å². The Morgan fingerprint density at radius 1 is 1.13 bits per heavy atom. The molecule has 3 rings (SSSR count). The second-order valence-electron chi connectivity index (χ2n) is 6.94. The molecule has 0 radical (unpaired) electrons. The highest BCUT2D eigenvalue weighted by Crippen LogP contribution is 2.33. The van der Waals surface area contributed by atoms with Gasteiger partial charge in [-0.1, -0.05) is 18.2 Å². The van der Waals surface area contributed by atoms with Gasteiger partial charge in [0.15, 0.2) is 18.1 Å². The van der Waals surface area contributed by atoms with Crippen LogP contribution >= 0.6 is 11.3 Å². The summed E-state index contributed by atoms with van der Waals surface area (Å²) >= 11 is 1.46. The van der Waals surface area contributed by atoms with E-state index in [1.165, 1.54) is 16.2 Å². The van der Waals surface area contributed by atoms with Gasteiger partial charge < -0.3 is 19.5 Å². The molecule has 0 aliphatic rings. The smallest absolute Gasteiger partial charge is 0.307 e. The molecule has 1 N–H and O–H groups in total. The standard InChI is InChI=1S/C23H24N2O5S/c1-4-29-19-12-15(9-10-18(19)30-14-21(26)25(2)3)11-16(13-22(27)28)23-24-17-7-5-6-8-20(17)31-23/h5-12H,4,13-14H2,1-3H3,(H,27,28)/b16-11-. The Hall–Kier alpha value is -3.39. The minimum absolute atomic E-state index is 0.0990. The molecule has 0 aliphatic carbocycles. The van der Waals surface area contributed by atoms with Gasteiger partial charge >= 0.3 is 5.97 Å². The summed E-state index contributed by atoms with van der Waals surface area (Å²) in [6.45, 7) is 2.18. The van der Waals surface area contributed by atoms with Crippen molar-refractivity contribution in [2.75, 3.05) is 27.3 Å². The second-order valence-corrected chi connectivity index (χ2v) is 7.97. The van der Waals surface area contributed by atoms with Crippen LogP contribution in [-0.2, 0) is 9.59 Å². The van der Waals surface area contributed by atoms with E-state index < -0.39 is 5.97 Å². The van der Waals surface area contributed by atoms with Crippen molar-refractivity contribution < 1.29 is 24.2 Å². The highest BCUT2D eigenvalue weighted by molar-refractivity contribution is 7.19. The third-order valence-electron chi connectivity index (χ3n) is 4.37. The van der Waals surface area contributed by atoms with Gasteiger partial charge in [-0.2, -0.15) is 0 Å². The molecule has 0 saturated heterocycles. The molecule has 1 heterocycles. The summed E-state index contributed by atoms with van der Waals surface area (Å²) in [6.07, 6.45) is 1.64. The van der Waals surface area contributed by atoms with E-state index in [-0.39, 0.29) is 18.9 Å². The van der Waals surface area contributed by atoms with Crippen molar-refractivity contribution >= 4 is 45.1 Å². The number of aliphatic carboxylic acids is 1. The van der Waals surface area contributed by atoms with E-state index in [1.807, 2.05) is 31.2 Å². The summed E-state index contributed by atoms with van der Waals surface area (Å²) < 4.78 is 12.3. The summed E-state index contributed by atoms with van der Waals surface area (Å²) in [5.41, 5.74) is 2.20. The number of carbonyl (C=O) groups excluding carboxylic acids is 1. The fourth-order valence-corrected chi connectivity index (χ4v) is 3.81. The molecule has 162 valence electrons. The number of hydrogen-bond donors (Lipinski definition) is 1. The van der Waals surface area contributed by atoms with Crippen LogP contribution in [0.5, 0.6) is 11.5 Å². The highest BCUT2D eigenvalue weighted by Gasteiger charge is 2.14. The third kappa shape index (κ3) is 5.82. The van der Waals surface area contributed by atoms with Gasteiger partial charge in [0.05, 0.1) is 23.2 Å². The van der Waals surface area contributed by atoms with Crippen molar-refractivity contribution in [3.05, 3.63) is 53.0 Å². The Kier molecular flexibility index (Phi) is 7.25. The predicted molar refractivity (Wildman–Crippen MR) is 122 cm³/mol. The average molecular weight is 441 g/mol. The van der Waals surface area contributed by atoms with Crippen molar-refractivity contribution in [3.63, 3.8) is 0 Å². The largest absolute Gasteiger partial charge is 0.490 e. The first-order chi connectivity index (χ1) is 14.9. The molecule has 0 saturated carbocycles. The van der Waals surface area contributed by atoms with Crippen LogP contribution in [0.4, 0.5) is 0 Å². The molecule has 7 nitrogen and oxygen atoms in total. The Balaban J connectivity index is 1.94. The number of hydrogen-bond acceptors (Lipinski definition) is 6. The molecule has 2 aromatic carbocycles. The fourth-order valence-electron chi connectivity index (χ4n) is 2.83. The molecular formula is C23H24N2O5S. The van der Waals surface area contributed by atoms with Gasteiger partial charge in [-0.15, -0.1) is 11.3 Å². The zero-order valence-corrected chi connectivity index (χ0v) is 18.4. The van der Waals surface area contributed by atoms with Crippen LogP contribution in [0.25, 0.3) is 21.9 Å². The minimum Gasteiger partial charge on any atom is -0.490 e. The number of amides is 1. The summed E-state index contributed by atoms with van der Waals surface area (Å²) in [6, 6.07) is 13.0. The van der Waals surface area contributed by atoms with Gasteiger partial charge in [-0.05, 0) is 48.4 Å². The number of carbonyl (C=O) groups is 2. The molecule has 1 aromatic heterocycles. The van der Waals surface area contributed by atoms with Crippen LogP contribution in [0.1, 0.15) is 23.9 Å². The number of para-hydroxylation sites is 1. The number of ether oxygens (including phenoxy) is 2. The lowest BCUT2D eigenvalue weighted by Gasteiger charge is -2.15. The van der Waals surface area contributed by atoms with E-state index in [0.29, 0.717) is 28.7 Å². The number of rotatable bonds is 9. The molecule has 0 unspecified atom stereocenters. The molecule has 0 fully saturated rings. The highest BCUT2D eigenvalue weighted by atomic mass is 32.1. The van der Waals surface area contributed by atoms with E-state index in [4.69, 9.17) is 9.47 Å². The quantitative estimate of drug-likeness (QED) is 0.537. The van der Waals surface area contributed by atoms with E-state index in [0.717, 1.165) is 15.8 Å². The number of fused-ring (bicyclic) bond motifs is 1. The number of likely N-dealkylation sites (N-methyl/N-ethyl adjacent to an activating group) is 1. The summed E-state index contributed by atoms with van der Waals surface area (Å²) in [7, 11) is 3.32. The van der Waals surface area contributed by atoms with Gasteiger partial charge in [0.2, 0.25) is 0 Å². The normalized spacial score (nSPS) is 11.4. The Bertz CT molecular complexity index is 1090. The van der Waals surface area contributed by atoms with Crippen molar-refractivity contribution in [3.8, 4) is 11.5 Å². The Morgan fingerprint density at radius 3 is 2.58 bits per heavy atom. The maximum absolute atomic E-state index is 11.8. The first-order valence-corrected chi connectivity index (χ1v) is 10.6. The van der Waals surface area contributed by atoms with Crippen LogP contribution in [-0.4, -0.2) is 54.2 Å². The summed E-state index contributed by atoms with van der Waals surface area (Å²) in [5, 5.41) is 10.1. The van der Waals surface area contributed by atoms with Crippen molar-refractivity contribution in [2.45, 2.75) is 13.3 Å². The van der Waals surface area contributed by atoms with E-state index in [9.17, 15) is 14.7 Å². The van der Waals surface area contributed by atoms with Gasteiger partial charge in [-0.3, -0.25) is 9.59 Å². The topological polar surface area (TPSA) is 89.0 Å². The maximum Gasteiger partial charge on any atom is 0.307 e. The molecule has 0 spiro atoms. The molecule has 1 amide bonds. The second kappa shape index (κ2) is 10.1. The fraction of sp³-hybridized carbons (Fsp3) is 0.261. The van der Waals surface area contributed by atoms with Gasteiger partial charge in [0.25, 0.3) is 5.91 Å². The molecule has 31 heavy (non-hydrogen) atoms. The van der Waals surface area contributed by atoms with E-state index in [1.54, 1.807) is 38.4 Å². The molecular weight excluding hydrogens is 416 g/mol. The minimum atomic E-state index is -0.933. The first-order valence-electron chi connectivity index (χ1n) is 9.75. The van der Waals surface area contributed by atoms with Crippen LogP contribution in [0.15, 0.2) is 42.5 Å². The van der Waals surface area contributed by atoms with Gasteiger partial charge in [0.1, 0.15) is 5.01 Å². The zero-order valence-electron chi connectivity index (χ0n) is 17.6. The number of carboxylic acids is 1. The number of aromatic nitrogens is 1. The van der Waals surface area contributed by atoms with Gasteiger partial charge in [-0.25, -0.2) is 4.98 Å². The van der Waals surface area contributed by atoms with Crippen molar-refractivity contribution in [2.24, 2.45) is 0 Å². The monoisotopic (exact) mass is 440 g/mol. The van der Waals surface area contributed by atoms with Crippen LogP contribution < -0.4 is 9.47 Å². The SMILES string of the molecule is CCOc1cc(/C=C(/CC(=O)O)c2nc3ccccc3s2)ccc1OCC(=O)N(C)C. The van der Waals surface area contributed by atoms with Crippen molar-refractivity contribution in [1.29, 1.82) is 0 Å². The maximum atomic E-state index is 11.8. The lowest BCUT2D eigenvalue weighted by Crippen LogP contribution is -2.27. The number of benzene rings is 2. The Morgan fingerprint density at radius 2 is 1.90 bits per heavy atom. The molecule has 0 bridgehead atoms. The zero-order chi connectivity index (χ0) is 22.4.